The van der Waals surface area contributed by atoms with Gasteiger partial charge >= 0.3 is 0 Å². The van der Waals surface area contributed by atoms with Crippen LogP contribution in [-0.4, -0.2) is 40.5 Å². The van der Waals surface area contributed by atoms with E-state index < -0.39 is 0 Å². The smallest absolute Gasteiger partial charge is 0.263 e. The zero-order valence-corrected chi connectivity index (χ0v) is 13.4. The van der Waals surface area contributed by atoms with Crippen molar-refractivity contribution in [2.75, 3.05) is 19.6 Å². The van der Waals surface area contributed by atoms with E-state index in [0.717, 1.165) is 13.1 Å². The molecule has 2 N–H and O–H groups in total. The summed E-state index contributed by atoms with van der Waals surface area (Å²) in [6, 6.07) is 1.75. The number of carbonyl (C=O) groups is 1. The quantitative estimate of drug-likeness (QED) is 0.873. The minimum Gasteiger partial charge on any atom is -0.351 e. The molecule has 0 saturated carbocycles. The fourth-order valence-electron chi connectivity index (χ4n) is 1.71. The Hall–Kier alpha value is -1.28. The Morgan fingerprint density at radius 3 is 2.62 bits per heavy atom. The molecule has 21 heavy (non-hydrogen) atoms. The van der Waals surface area contributed by atoms with Crippen molar-refractivity contribution in [3.8, 4) is 10.8 Å². The van der Waals surface area contributed by atoms with E-state index in [2.05, 4.69) is 25.6 Å². The fraction of sp³-hybridized carbons (Fsp3) is 0.333. The molecule has 1 saturated heterocycles. The van der Waals surface area contributed by atoms with Gasteiger partial charge in [-0.3, -0.25) is 4.79 Å². The van der Waals surface area contributed by atoms with E-state index in [1.807, 2.05) is 0 Å². The summed E-state index contributed by atoms with van der Waals surface area (Å²) < 4.78 is 0. The van der Waals surface area contributed by atoms with Crippen molar-refractivity contribution in [1.29, 1.82) is 0 Å². The molecular formula is C12H15Cl2N5OS. The maximum Gasteiger partial charge on any atom is 0.263 e. The number of hydrogen-bond donors (Lipinski definition) is 2. The van der Waals surface area contributed by atoms with Crippen LogP contribution in [0.5, 0.6) is 0 Å². The molecule has 0 spiro atoms. The molecule has 3 heterocycles. The third-order valence-corrected chi connectivity index (χ3v) is 3.90. The Labute approximate surface area is 138 Å². The van der Waals surface area contributed by atoms with Gasteiger partial charge in [-0.15, -0.1) is 36.2 Å². The van der Waals surface area contributed by atoms with Gasteiger partial charge in [0.05, 0.1) is 6.20 Å². The summed E-state index contributed by atoms with van der Waals surface area (Å²) in [7, 11) is 0. The highest BCUT2D eigenvalue weighted by Crippen LogP contribution is 2.21. The maximum absolute atomic E-state index is 11.9. The predicted octanol–water partition coefficient (Wildman–Crippen LogP) is 1.39. The van der Waals surface area contributed by atoms with Gasteiger partial charge in [0.15, 0.2) is 10.8 Å². The van der Waals surface area contributed by atoms with Crippen molar-refractivity contribution >= 4 is 42.1 Å². The standard InChI is InChI=1S/C12H13N5OS.2ClH/c18-11(16-6-8-4-13-5-8)9-7-17-12(19-9)10-14-2-1-3-15-10;;/h1-3,7-8,13H,4-6H2,(H,16,18);2*1H. The van der Waals surface area contributed by atoms with Gasteiger partial charge in [-0.1, -0.05) is 0 Å². The molecule has 0 aromatic carbocycles. The summed E-state index contributed by atoms with van der Waals surface area (Å²) in [5, 5.41) is 6.75. The SMILES string of the molecule is Cl.Cl.O=C(NCC1CNC1)c1cnc(-c2ncccn2)s1. The van der Waals surface area contributed by atoms with Crippen LogP contribution in [0.15, 0.2) is 24.7 Å². The average molecular weight is 348 g/mol. The highest BCUT2D eigenvalue weighted by atomic mass is 35.5. The van der Waals surface area contributed by atoms with Crippen LogP contribution in [-0.2, 0) is 0 Å². The molecule has 0 bridgehead atoms. The summed E-state index contributed by atoms with van der Waals surface area (Å²) in [6.45, 7) is 2.67. The van der Waals surface area contributed by atoms with Crippen molar-refractivity contribution in [1.82, 2.24) is 25.6 Å². The lowest BCUT2D eigenvalue weighted by Gasteiger charge is -2.26. The van der Waals surface area contributed by atoms with E-state index in [-0.39, 0.29) is 30.7 Å². The van der Waals surface area contributed by atoms with Crippen LogP contribution in [0, 0.1) is 5.92 Å². The minimum absolute atomic E-state index is 0. The van der Waals surface area contributed by atoms with Gasteiger partial charge < -0.3 is 10.6 Å². The number of carbonyl (C=O) groups excluding carboxylic acids is 1. The molecule has 2 aromatic heterocycles. The zero-order chi connectivity index (χ0) is 13.1. The number of nitrogens with one attached hydrogen (secondary N) is 2. The van der Waals surface area contributed by atoms with Gasteiger partial charge in [-0.05, 0) is 6.07 Å². The highest BCUT2D eigenvalue weighted by Gasteiger charge is 2.19. The third-order valence-electron chi connectivity index (χ3n) is 2.90. The summed E-state index contributed by atoms with van der Waals surface area (Å²) in [6.07, 6.45) is 4.89. The summed E-state index contributed by atoms with van der Waals surface area (Å²) in [5.74, 6) is 1.02. The molecule has 9 heteroatoms. The molecule has 114 valence electrons. The monoisotopic (exact) mass is 347 g/mol. The molecule has 0 radical (unpaired) electrons. The summed E-state index contributed by atoms with van der Waals surface area (Å²) in [5.41, 5.74) is 0. The molecule has 3 rings (SSSR count). The van der Waals surface area contributed by atoms with Crippen molar-refractivity contribution in [2.24, 2.45) is 5.92 Å². The number of amides is 1. The first-order chi connectivity index (χ1) is 9.33. The molecule has 2 aromatic rings. The van der Waals surface area contributed by atoms with Crippen molar-refractivity contribution in [2.45, 2.75) is 0 Å². The molecule has 0 aliphatic carbocycles. The number of hydrogen-bond acceptors (Lipinski definition) is 6. The molecule has 1 aliphatic rings. The summed E-state index contributed by atoms with van der Waals surface area (Å²) >= 11 is 1.31. The molecule has 0 unspecified atom stereocenters. The Balaban J connectivity index is 0.00000110. The lowest BCUT2D eigenvalue weighted by molar-refractivity contribution is 0.0946. The van der Waals surface area contributed by atoms with Gasteiger partial charge in [0.2, 0.25) is 0 Å². The second-order valence-electron chi connectivity index (χ2n) is 4.34. The first-order valence-corrected chi connectivity index (χ1v) is 6.87. The molecule has 0 atom stereocenters. The van der Waals surface area contributed by atoms with Gasteiger partial charge in [0, 0.05) is 37.9 Å². The number of nitrogens with zero attached hydrogens (tertiary/aromatic N) is 3. The van der Waals surface area contributed by atoms with Gasteiger partial charge in [-0.2, -0.15) is 0 Å². The number of aromatic nitrogens is 3. The van der Waals surface area contributed by atoms with Crippen molar-refractivity contribution in [3.05, 3.63) is 29.5 Å². The molecule has 6 nitrogen and oxygen atoms in total. The fourth-order valence-corrected chi connectivity index (χ4v) is 2.49. The lowest BCUT2D eigenvalue weighted by Crippen LogP contribution is -2.48. The lowest BCUT2D eigenvalue weighted by atomic mass is 10.0. The van der Waals surface area contributed by atoms with Gasteiger partial charge in [0.1, 0.15) is 4.88 Å². The molecule has 1 amide bonds. The Kier molecular flexibility index (Phi) is 6.97. The number of halogens is 2. The second-order valence-corrected chi connectivity index (χ2v) is 5.37. The van der Waals surface area contributed by atoms with Crippen LogP contribution in [0.2, 0.25) is 0 Å². The van der Waals surface area contributed by atoms with Gasteiger partial charge in [-0.25, -0.2) is 15.0 Å². The van der Waals surface area contributed by atoms with E-state index >= 15 is 0 Å². The first kappa shape index (κ1) is 17.8. The van der Waals surface area contributed by atoms with Crippen LogP contribution in [0.25, 0.3) is 10.8 Å². The van der Waals surface area contributed by atoms with E-state index in [4.69, 9.17) is 0 Å². The van der Waals surface area contributed by atoms with Crippen LogP contribution in [0.3, 0.4) is 0 Å². The molecule has 1 aliphatic heterocycles. The zero-order valence-electron chi connectivity index (χ0n) is 11.0. The maximum atomic E-state index is 11.9. The Morgan fingerprint density at radius 1 is 1.29 bits per heavy atom. The van der Waals surface area contributed by atoms with E-state index in [0.29, 0.717) is 28.2 Å². The highest BCUT2D eigenvalue weighted by molar-refractivity contribution is 7.16. The van der Waals surface area contributed by atoms with Crippen LogP contribution >= 0.6 is 36.2 Å². The van der Waals surface area contributed by atoms with Crippen LogP contribution in [0.1, 0.15) is 9.67 Å². The van der Waals surface area contributed by atoms with E-state index in [1.54, 1.807) is 24.7 Å². The molecule has 1 fully saturated rings. The third kappa shape index (κ3) is 4.34. The molecular weight excluding hydrogens is 333 g/mol. The van der Waals surface area contributed by atoms with E-state index in [1.165, 1.54) is 11.3 Å². The van der Waals surface area contributed by atoms with Crippen molar-refractivity contribution in [3.63, 3.8) is 0 Å². The average Bonchev–Trinajstić information content (AvgIpc) is 2.87. The first-order valence-electron chi connectivity index (χ1n) is 6.05. The number of rotatable bonds is 4. The minimum atomic E-state index is -0.0772. The summed E-state index contributed by atoms with van der Waals surface area (Å²) in [4.78, 5) is 24.9. The van der Waals surface area contributed by atoms with Crippen molar-refractivity contribution < 1.29 is 4.79 Å². The van der Waals surface area contributed by atoms with Crippen LogP contribution < -0.4 is 10.6 Å². The van der Waals surface area contributed by atoms with E-state index in [9.17, 15) is 4.79 Å². The second kappa shape index (κ2) is 8.23. The normalized spacial score (nSPS) is 13.5. The topological polar surface area (TPSA) is 79.8 Å². The van der Waals surface area contributed by atoms with Crippen LogP contribution in [0.4, 0.5) is 0 Å². The van der Waals surface area contributed by atoms with Gasteiger partial charge in [0.25, 0.3) is 5.91 Å². The Bertz CT molecular complexity index is 576. The largest absolute Gasteiger partial charge is 0.351 e. The Morgan fingerprint density at radius 2 is 2.00 bits per heavy atom. The number of thiazole rings is 1. The predicted molar refractivity (Wildman–Crippen MR) is 86.3 cm³/mol.